The zero-order valence-electron chi connectivity index (χ0n) is 9.76. The lowest BCUT2D eigenvalue weighted by Crippen LogP contribution is -2.54. The number of hydrogen-bond acceptors (Lipinski definition) is 2. The molecular formula is C13H17ClN2. The van der Waals surface area contributed by atoms with Crippen molar-refractivity contribution in [2.45, 2.75) is 32.4 Å². The molecule has 0 saturated carbocycles. The van der Waals surface area contributed by atoms with Crippen LogP contribution in [0.3, 0.4) is 0 Å². The summed E-state index contributed by atoms with van der Waals surface area (Å²) in [6.07, 6.45) is 1.13. The molecule has 1 N–H and O–H groups in total. The van der Waals surface area contributed by atoms with Crippen molar-refractivity contribution in [2.75, 3.05) is 18.0 Å². The molecule has 1 unspecified atom stereocenters. The molecule has 16 heavy (non-hydrogen) atoms. The van der Waals surface area contributed by atoms with Crippen LogP contribution in [-0.2, 0) is 6.42 Å². The second kappa shape index (κ2) is 3.64. The van der Waals surface area contributed by atoms with Crippen LogP contribution in [0, 0.1) is 6.92 Å². The quantitative estimate of drug-likeness (QED) is 0.744. The first-order valence-electron chi connectivity index (χ1n) is 5.95. The molecular weight excluding hydrogens is 220 g/mol. The van der Waals surface area contributed by atoms with Gasteiger partial charge in [0.1, 0.15) is 0 Å². The molecule has 0 aromatic heterocycles. The topological polar surface area (TPSA) is 15.3 Å². The van der Waals surface area contributed by atoms with E-state index in [1.165, 1.54) is 16.8 Å². The van der Waals surface area contributed by atoms with Gasteiger partial charge in [-0.2, -0.15) is 0 Å². The molecule has 2 nitrogen and oxygen atoms in total. The third-order valence-electron chi connectivity index (χ3n) is 3.79. The molecule has 1 saturated heterocycles. The lowest BCUT2D eigenvalue weighted by molar-refractivity contribution is 0.430. The average Bonchev–Trinajstić information content (AvgIpc) is 2.64. The maximum atomic E-state index is 6.46. The van der Waals surface area contributed by atoms with Crippen LogP contribution in [-0.4, -0.2) is 25.2 Å². The molecule has 1 aromatic rings. The first-order chi connectivity index (χ1) is 7.68. The highest BCUT2D eigenvalue weighted by Gasteiger charge is 2.36. The fourth-order valence-corrected chi connectivity index (χ4v) is 3.27. The van der Waals surface area contributed by atoms with Gasteiger partial charge in [-0.15, -0.1) is 0 Å². The molecule has 1 aromatic carbocycles. The average molecular weight is 237 g/mol. The lowest BCUT2D eigenvalue weighted by Gasteiger charge is -2.39. The van der Waals surface area contributed by atoms with Crippen molar-refractivity contribution in [1.29, 1.82) is 0 Å². The Morgan fingerprint density at radius 3 is 3.00 bits per heavy atom. The molecule has 0 spiro atoms. The number of rotatable bonds is 0. The summed E-state index contributed by atoms with van der Waals surface area (Å²) >= 11 is 6.46. The SMILES string of the molecule is Cc1ccc2c(c1Cl)N1C(C)CNC[C@@H]1C2. The third-order valence-corrected chi connectivity index (χ3v) is 4.27. The highest BCUT2D eigenvalue weighted by molar-refractivity contribution is 6.34. The van der Waals surface area contributed by atoms with Crippen LogP contribution in [0.1, 0.15) is 18.1 Å². The van der Waals surface area contributed by atoms with Gasteiger partial charge in [0.15, 0.2) is 0 Å². The summed E-state index contributed by atoms with van der Waals surface area (Å²) in [5.41, 5.74) is 3.89. The van der Waals surface area contributed by atoms with Gasteiger partial charge < -0.3 is 10.2 Å². The van der Waals surface area contributed by atoms with Crippen LogP contribution in [0.25, 0.3) is 0 Å². The van der Waals surface area contributed by atoms with Gasteiger partial charge in [0.25, 0.3) is 0 Å². The largest absolute Gasteiger partial charge is 0.362 e. The van der Waals surface area contributed by atoms with E-state index in [4.69, 9.17) is 11.6 Å². The number of aryl methyl sites for hydroxylation is 1. The van der Waals surface area contributed by atoms with Crippen LogP contribution in [0.15, 0.2) is 12.1 Å². The number of piperazine rings is 1. The maximum absolute atomic E-state index is 6.46. The fourth-order valence-electron chi connectivity index (χ4n) is 2.99. The second-order valence-electron chi connectivity index (χ2n) is 4.98. The Bertz CT molecular complexity index is 430. The third kappa shape index (κ3) is 1.36. The molecule has 3 heteroatoms. The standard InChI is InChI=1S/C13H17ClN2/c1-8-3-4-10-5-11-7-15-6-9(2)16(11)13(10)12(8)14/h3-4,9,11,15H,5-7H2,1-2H3/t9?,11-/m0/s1. The summed E-state index contributed by atoms with van der Waals surface area (Å²) < 4.78 is 0. The van der Waals surface area contributed by atoms with Crippen molar-refractivity contribution in [2.24, 2.45) is 0 Å². The summed E-state index contributed by atoms with van der Waals surface area (Å²) in [6.45, 7) is 6.49. The summed E-state index contributed by atoms with van der Waals surface area (Å²) in [7, 11) is 0. The highest BCUT2D eigenvalue weighted by Crippen LogP contribution is 2.41. The van der Waals surface area contributed by atoms with E-state index in [1.807, 2.05) is 0 Å². The summed E-state index contributed by atoms with van der Waals surface area (Å²) in [4.78, 5) is 2.52. The Morgan fingerprint density at radius 2 is 2.19 bits per heavy atom. The van der Waals surface area contributed by atoms with E-state index < -0.39 is 0 Å². The molecule has 0 aliphatic carbocycles. The minimum atomic E-state index is 0.541. The number of fused-ring (bicyclic) bond motifs is 3. The van der Waals surface area contributed by atoms with E-state index in [0.717, 1.165) is 24.5 Å². The second-order valence-corrected chi connectivity index (χ2v) is 5.35. The zero-order chi connectivity index (χ0) is 11.3. The molecule has 1 fully saturated rings. The van der Waals surface area contributed by atoms with Crippen LogP contribution < -0.4 is 10.2 Å². The molecule has 86 valence electrons. The van der Waals surface area contributed by atoms with Crippen LogP contribution in [0.2, 0.25) is 5.02 Å². The smallest absolute Gasteiger partial charge is 0.0671 e. The Balaban J connectivity index is 2.11. The van der Waals surface area contributed by atoms with Crippen LogP contribution in [0.5, 0.6) is 0 Å². The van der Waals surface area contributed by atoms with Gasteiger partial charge in [-0.25, -0.2) is 0 Å². The highest BCUT2D eigenvalue weighted by atomic mass is 35.5. The van der Waals surface area contributed by atoms with E-state index >= 15 is 0 Å². The molecule has 2 heterocycles. The Kier molecular flexibility index (Phi) is 2.37. The minimum absolute atomic E-state index is 0.541. The van der Waals surface area contributed by atoms with Crippen molar-refractivity contribution in [3.8, 4) is 0 Å². The predicted octanol–water partition coefficient (Wildman–Crippen LogP) is 2.37. The normalized spacial score (nSPS) is 27.8. The number of nitrogens with zero attached hydrogens (tertiary/aromatic N) is 1. The van der Waals surface area contributed by atoms with Crippen molar-refractivity contribution in [3.05, 3.63) is 28.3 Å². The van der Waals surface area contributed by atoms with Gasteiger partial charge in [0.2, 0.25) is 0 Å². The van der Waals surface area contributed by atoms with Crippen LogP contribution >= 0.6 is 11.6 Å². The zero-order valence-corrected chi connectivity index (χ0v) is 10.5. The number of benzene rings is 1. The maximum Gasteiger partial charge on any atom is 0.0671 e. The number of halogens is 1. The molecule has 2 atom stereocenters. The first-order valence-corrected chi connectivity index (χ1v) is 6.33. The molecule has 2 aliphatic heterocycles. The van der Waals surface area contributed by atoms with Crippen molar-refractivity contribution >= 4 is 17.3 Å². The van der Waals surface area contributed by atoms with E-state index in [1.54, 1.807) is 0 Å². The molecule has 0 amide bonds. The molecule has 3 rings (SSSR count). The minimum Gasteiger partial charge on any atom is -0.362 e. The summed E-state index contributed by atoms with van der Waals surface area (Å²) in [5, 5.41) is 4.44. The van der Waals surface area contributed by atoms with Crippen molar-refractivity contribution in [3.63, 3.8) is 0 Å². The summed E-state index contributed by atoms with van der Waals surface area (Å²) in [6, 6.07) is 5.51. The van der Waals surface area contributed by atoms with Gasteiger partial charge >= 0.3 is 0 Å². The Labute approximate surface area is 102 Å². The first kappa shape index (κ1) is 10.4. The van der Waals surface area contributed by atoms with Crippen LogP contribution in [0.4, 0.5) is 5.69 Å². The van der Waals surface area contributed by atoms with E-state index in [2.05, 4.69) is 36.2 Å². The number of anilines is 1. The number of hydrogen-bond donors (Lipinski definition) is 1. The van der Waals surface area contributed by atoms with Gasteiger partial charge in [0, 0.05) is 25.2 Å². The fraction of sp³-hybridized carbons (Fsp3) is 0.538. The van der Waals surface area contributed by atoms with E-state index in [9.17, 15) is 0 Å². The summed E-state index contributed by atoms with van der Waals surface area (Å²) in [5.74, 6) is 0. The van der Waals surface area contributed by atoms with Crippen molar-refractivity contribution in [1.82, 2.24) is 5.32 Å². The van der Waals surface area contributed by atoms with E-state index in [-0.39, 0.29) is 0 Å². The lowest BCUT2D eigenvalue weighted by atomic mass is 10.1. The monoisotopic (exact) mass is 236 g/mol. The van der Waals surface area contributed by atoms with E-state index in [0.29, 0.717) is 12.1 Å². The molecule has 0 radical (unpaired) electrons. The van der Waals surface area contributed by atoms with Gasteiger partial charge in [-0.3, -0.25) is 0 Å². The predicted molar refractivity (Wildman–Crippen MR) is 68.5 cm³/mol. The molecule has 0 bridgehead atoms. The van der Waals surface area contributed by atoms with Gasteiger partial charge in [-0.05, 0) is 31.4 Å². The Hall–Kier alpha value is -0.730. The van der Waals surface area contributed by atoms with Gasteiger partial charge in [0.05, 0.1) is 10.7 Å². The van der Waals surface area contributed by atoms with Crippen molar-refractivity contribution < 1.29 is 0 Å². The Morgan fingerprint density at radius 1 is 1.38 bits per heavy atom. The number of nitrogens with one attached hydrogen (secondary N) is 1. The molecule has 2 aliphatic rings. The van der Waals surface area contributed by atoms with Gasteiger partial charge in [-0.1, -0.05) is 23.7 Å².